The van der Waals surface area contributed by atoms with Crippen LogP contribution in [0, 0.1) is 23.0 Å². The average Bonchev–Trinajstić information content (AvgIpc) is 2.76. The van der Waals surface area contributed by atoms with Crippen molar-refractivity contribution in [3.63, 3.8) is 0 Å². The summed E-state index contributed by atoms with van der Waals surface area (Å²) in [4.78, 5) is 10.8. The molecule has 2 unspecified atom stereocenters. The van der Waals surface area contributed by atoms with Crippen molar-refractivity contribution < 1.29 is 4.92 Å². The Hall–Kier alpha value is -1.62. The largest absolute Gasteiger partial charge is 0.376 e. The van der Waals surface area contributed by atoms with Crippen LogP contribution in [0.2, 0.25) is 0 Å². The number of nitro benzene ring substituents is 1. The summed E-state index contributed by atoms with van der Waals surface area (Å²) in [6.07, 6.45) is 3.28. The fourth-order valence-electron chi connectivity index (χ4n) is 2.73. The minimum Gasteiger partial charge on any atom is -0.376 e. The second kappa shape index (κ2) is 5.35. The smallest absolute Gasteiger partial charge is 0.295 e. The Labute approximate surface area is 107 Å². The minimum absolute atomic E-state index is 0.181. The lowest BCUT2D eigenvalue weighted by atomic mass is 10.0. The summed E-state index contributed by atoms with van der Waals surface area (Å²) in [7, 11) is 0. The van der Waals surface area contributed by atoms with Crippen LogP contribution in [0.5, 0.6) is 0 Å². The van der Waals surface area contributed by atoms with Gasteiger partial charge in [0.2, 0.25) is 0 Å². The molecule has 0 amide bonds. The Morgan fingerprint density at radius 1 is 1.50 bits per heavy atom. The molecule has 1 fully saturated rings. The number of nitrogens with two attached hydrogens (primary N) is 1. The van der Waals surface area contributed by atoms with Crippen molar-refractivity contribution in [2.24, 2.45) is 11.7 Å². The Morgan fingerprint density at radius 3 is 2.94 bits per heavy atom. The number of aryl methyl sites for hydroxylation is 1. The van der Waals surface area contributed by atoms with Gasteiger partial charge in [-0.1, -0.05) is 18.6 Å². The second-order valence-electron chi connectivity index (χ2n) is 4.91. The lowest BCUT2D eigenvalue weighted by molar-refractivity contribution is -0.384. The van der Waals surface area contributed by atoms with Gasteiger partial charge in [-0.05, 0) is 38.3 Å². The number of para-hydroxylation sites is 1. The molecule has 0 radical (unpaired) electrons. The van der Waals surface area contributed by atoms with Crippen molar-refractivity contribution in [2.75, 3.05) is 11.9 Å². The van der Waals surface area contributed by atoms with Crippen LogP contribution in [0.3, 0.4) is 0 Å². The van der Waals surface area contributed by atoms with Gasteiger partial charge in [0.1, 0.15) is 5.69 Å². The van der Waals surface area contributed by atoms with Crippen molar-refractivity contribution in [1.29, 1.82) is 0 Å². The molecule has 18 heavy (non-hydrogen) atoms. The summed E-state index contributed by atoms with van der Waals surface area (Å²) in [5.41, 5.74) is 7.22. The number of nitro groups is 1. The first kappa shape index (κ1) is 12.8. The Morgan fingerprint density at radius 2 is 2.28 bits per heavy atom. The summed E-state index contributed by atoms with van der Waals surface area (Å²) < 4.78 is 0. The summed E-state index contributed by atoms with van der Waals surface area (Å²) in [6, 6.07) is 5.64. The Balaban J connectivity index is 2.23. The highest BCUT2D eigenvalue weighted by Gasteiger charge is 2.28. The zero-order valence-corrected chi connectivity index (χ0v) is 10.6. The van der Waals surface area contributed by atoms with Crippen LogP contribution in [0.1, 0.15) is 24.8 Å². The molecule has 5 nitrogen and oxygen atoms in total. The zero-order chi connectivity index (χ0) is 13.1. The zero-order valence-electron chi connectivity index (χ0n) is 10.6. The highest BCUT2D eigenvalue weighted by molar-refractivity contribution is 5.65. The van der Waals surface area contributed by atoms with Crippen molar-refractivity contribution in [2.45, 2.75) is 32.2 Å². The molecule has 1 aromatic rings. The highest BCUT2D eigenvalue weighted by Crippen LogP contribution is 2.33. The first-order valence-corrected chi connectivity index (χ1v) is 6.34. The molecule has 98 valence electrons. The van der Waals surface area contributed by atoms with Gasteiger partial charge in [-0.3, -0.25) is 10.1 Å². The number of anilines is 1. The summed E-state index contributed by atoms with van der Waals surface area (Å²) in [5.74, 6) is 0.421. The first-order valence-electron chi connectivity index (χ1n) is 6.34. The lowest BCUT2D eigenvalue weighted by Crippen LogP contribution is -2.29. The summed E-state index contributed by atoms with van der Waals surface area (Å²) in [6.45, 7) is 2.40. The van der Waals surface area contributed by atoms with Crippen LogP contribution in [-0.4, -0.2) is 17.5 Å². The number of nitrogens with zero attached hydrogens (tertiary/aromatic N) is 1. The average molecular weight is 249 g/mol. The number of nitrogens with one attached hydrogen (secondary N) is 1. The SMILES string of the molecule is Cc1cccc(NC2CCCC2CN)c1[N+](=O)[O-]. The van der Waals surface area contributed by atoms with Crippen molar-refractivity contribution in [3.05, 3.63) is 33.9 Å². The van der Waals surface area contributed by atoms with Gasteiger partial charge in [0, 0.05) is 11.6 Å². The monoisotopic (exact) mass is 249 g/mol. The topological polar surface area (TPSA) is 81.2 Å². The molecule has 0 aromatic heterocycles. The summed E-state index contributed by atoms with van der Waals surface area (Å²) in [5, 5.41) is 14.4. The van der Waals surface area contributed by atoms with Crippen molar-refractivity contribution in [3.8, 4) is 0 Å². The standard InChI is InChI=1S/C13H19N3O2/c1-9-4-2-7-12(13(9)16(17)18)15-11-6-3-5-10(11)8-14/h2,4,7,10-11,15H,3,5-6,8,14H2,1H3. The van der Waals surface area contributed by atoms with Gasteiger partial charge in [0.15, 0.2) is 0 Å². The van der Waals surface area contributed by atoms with Gasteiger partial charge < -0.3 is 11.1 Å². The van der Waals surface area contributed by atoms with Crippen molar-refractivity contribution in [1.82, 2.24) is 0 Å². The van der Waals surface area contributed by atoms with Crippen LogP contribution in [0.15, 0.2) is 18.2 Å². The molecule has 3 N–H and O–H groups in total. The second-order valence-corrected chi connectivity index (χ2v) is 4.91. The molecule has 0 spiro atoms. The van der Waals surface area contributed by atoms with Crippen molar-refractivity contribution >= 4 is 11.4 Å². The third kappa shape index (κ3) is 2.46. The predicted molar refractivity (Wildman–Crippen MR) is 71.6 cm³/mol. The van der Waals surface area contributed by atoms with Gasteiger partial charge in [-0.2, -0.15) is 0 Å². The molecule has 0 saturated heterocycles. The third-order valence-electron chi connectivity index (χ3n) is 3.72. The quantitative estimate of drug-likeness (QED) is 0.634. The normalized spacial score (nSPS) is 23.0. The van der Waals surface area contributed by atoms with E-state index >= 15 is 0 Å². The fourth-order valence-corrected chi connectivity index (χ4v) is 2.73. The minimum atomic E-state index is -0.315. The maximum Gasteiger partial charge on any atom is 0.295 e. The van der Waals surface area contributed by atoms with E-state index in [-0.39, 0.29) is 16.7 Å². The van der Waals surface area contributed by atoms with Gasteiger partial charge in [-0.15, -0.1) is 0 Å². The van der Waals surface area contributed by atoms with Crippen LogP contribution in [0.25, 0.3) is 0 Å². The molecule has 2 atom stereocenters. The van der Waals surface area contributed by atoms with E-state index < -0.39 is 0 Å². The molecule has 5 heteroatoms. The maximum absolute atomic E-state index is 11.1. The molecule has 0 aliphatic heterocycles. The van der Waals surface area contributed by atoms with Gasteiger partial charge in [-0.25, -0.2) is 0 Å². The molecular weight excluding hydrogens is 230 g/mol. The van der Waals surface area contributed by atoms with E-state index in [2.05, 4.69) is 5.32 Å². The molecule has 1 aromatic carbocycles. The first-order chi connectivity index (χ1) is 8.63. The fraction of sp³-hybridized carbons (Fsp3) is 0.538. The van der Waals surface area contributed by atoms with E-state index in [4.69, 9.17) is 5.73 Å². The van der Waals surface area contributed by atoms with Gasteiger partial charge in [0.25, 0.3) is 5.69 Å². The van der Waals surface area contributed by atoms with Gasteiger partial charge >= 0.3 is 0 Å². The van der Waals surface area contributed by atoms with Crippen LogP contribution in [0.4, 0.5) is 11.4 Å². The highest BCUT2D eigenvalue weighted by atomic mass is 16.6. The van der Waals surface area contributed by atoms with Crippen LogP contribution in [-0.2, 0) is 0 Å². The number of benzene rings is 1. The molecule has 1 saturated carbocycles. The molecular formula is C13H19N3O2. The molecule has 1 aliphatic rings. The van der Waals surface area contributed by atoms with Crippen LogP contribution < -0.4 is 11.1 Å². The Kier molecular flexibility index (Phi) is 3.81. The molecule has 1 aliphatic carbocycles. The lowest BCUT2D eigenvalue weighted by Gasteiger charge is -2.20. The molecule has 2 rings (SSSR count). The summed E-state index contributed by atoms with van der Waals surface area (Å²) >= 11 is 0. The predicted octanol–water partition coefficient (Wildman–Crippen LogP) is 2.44. The van der Waals surface area contributed by atoms with E-state index in [0.717, 1.165) is 19.3 Å². The molecule has 0 heterocycles. The maximum atomic E-state index is 11.1. The number of rotatable bonds is 4. The van der Waals surface area contributed by atoms with Gasteiger partial charge in [0.05, 0.1) is 4.92 Å². The Bertz CT molecular complexity index is 448. The molecule has 0 bridgehead atoms. The van der Waals surface area contributed by atoms with E-state index in [1.807, 2.05) is 6.07 Å². The number of hydrogen-bond acceptors (Lipinski definition) is 4. The third-order valence-corrected chi connectivity index (χ3v) is 3.72. The van der Waals surface area contributed by atoms with E-state index in [9.17, 15) is 10.1 Å². The van der Waals surface area contributed by atoms with E-state index in [1.165, 1.54) is 0 Å². The van der Waals surface area contributed by atoms with E-state index in [1.54, 1.807) is 19.1 Å². The van der Waals surface area contributed by atoms with E-state index in [0.29, 0.717) is 23.7 Å². The number of hydrogen-bond donors (Lipinski definition) is 2. The van der Waals surface area contributed by atoms with Crippen LogP contribution >= 0.6 is 0 Å².